The van der Waals surface area contributed by atoms with Gasteiger partial charge in [0.15, 0.2) is 0 Å². The average molecular weight is 348 g/mol. The van der Waals surface area contributed by atoms with Gasteiger partial charge in [0.1, 0.15) is 0 Å². The first-order chi connectivity index (χ1) is 8.93. The van der Waals surface area contributed by atoms with Gasteiger partial charge in [0.2, 0.25) is 0 Å². The Balaban J connectivity index is 2.97. The smallest absolute Gasteiger partial charge is 0.0494 e. The number of rotatable bonds is 7. The van der Waals surface area contributed by atoms with Gasteiger partial charge in [0.25, 0.3) is 0 Å². The lowest BCUT2D eigenvalue weighted by Gasteiger charge is -2.30. The number of hydrogen-bond donors (Lipinski definition) is 0. The predicted octanol–water partition coefficient (Wildman–Crippen LogP) is 4.21. The SMILES string of the molecule is CC(C)CN(CCN(C)C)c1cc(Br)ccc1CCl. The Morgan fingerprint density at radius 3 is 2.42 bits per heavy atom. The summed E-state index contributed by atoms with van der Waals surface area (Å²) in [5.74, 6) is 1.18. The standard InChI is InChI=1S/C15H24BrClN2/c1-12(2)11-19(8-7-18(3)4)15-9-14(16)6-5-13(15)10-17/h5-6,9,12H,7-8,10-11H2,1-4H3. The lowest BCUT2D eigenvalue weighted by Crippen LogP contribution is -2.35. The molecule has 1 rings (SSSR count). The van der Waals surface area contributed by atoms with E-state index in [1.807, 2.05) is 0 Å². The van der Waals surface area contributed by atoms with Crippen LogP contribution in [0.15, 0.2) is 22.7 Å². The van der Waals surface area contributed by atoms with Gasteiger partial charge in [-0.25, -0.2) is 0 Å². The molecule has 0 saturated heterocycles. The Kier molecular flexibility index (Phi) is 7.19. The number of benzene rings is 1. The van der Waals surface area contributed by atoms with E-state index in [1.165, 1.54) is 11.3 Å². The van der Waals surface area contributed by atoms with Crippen LogP contribution in [0.2, 0.25) is 0 Å². The molecule has 4 heteroatoms. The number of alkyl halides is 1. The molecule has 2 nitrogen and oxygen atoms in total. The van der Waals surface area contributed by atoms with Gasteiger partial charge in [-0.2, -0.15) is 0 Å². The maximum atomic E-state index is 6.08. The van der Waals surface area contributed by atoms with Gasteiger partial charge in [-0.1, -0.05) is 35.8 Å². The highest BCUT2D eigenvalue weighted by Crippen LogP contribution is 2.27. The van der Waals surface area contributed by atoms with Crippen LogP contribution in [0.3, 0.4) is 0 Å². The Morgan fingerprint density at radius 2 is 1.89 bits per heavy atom. The van der Waals surface area contributed by atoms with E-state index in [9.17, 15) is 0 Å². The van der Waals surface area contributed by atoms with Crippen molar-refractivity contribution >= 4 is 33.2 Å². The van der Waals surface area contributed by atoms with Gasteiger partial charge in [-0.15, -0.1) is 11.6 Å². The minimum atomic E-state index is 0.555. The Hall–Kier alpha value is -0.250. The minimum absolute atomic E-state index is 0.555. The van der Waals surface area contributed by atoms with E-state index < -0.39 is 0 Å². The van der Waals surface area contributed by atoms with Gasteiger partial charge in [-0.3, -0.25) is 0 Å². The molecule has 0 unspecified atom stereocenters. The molecular formula is C15H24BrClN2. The maximum absolute atomic E-state index is 6.08. The van der Waals surface area contributed by atoms with Crippen LogP contribution in [-0.4, -0.2) is 38.6 Å². The predicted molar refractivity (Wildman–Crippen MR) is 89.3 cm³/mol. The Morgan fingerprint density at radius 1 is 1.21 bits per heavy atom. The molecule has 0 aliphatic heterocycles. The quantitative estimate of drug-likeness (QED) is 0.682. The first-order valence-electron chi connectivity index (χ1n) is 6.68. The van der Waals surface area contributed by atoms with Crippen LogP contribution < -0.4 is 4.90 Å². The summed E-state index contributed by atoms with van der Waals surface area (Å²) in [4.78, 5) is 4.65. The van der Waals surface area contributed by atoms with Gasteiger partial charge in [0.05, 0.1) is 0 Å². The van der Waals surface area contributed by atoms with E-state index in [1.54, 1.807) is 0 Å². The highest BCUT2D eigenvalue weighted by molar-refractivity contribution is 9.10. The van der Waals surface area contributed by atoms with Crippen molar-refractivity contribution in [2.24, 2.45) is 5.92 Å². The molecule has 0 N–H and O–H groups in total. The van der Waals surface area contributed by atoms with Crippen LogP contribution >= 0.6 is 27.5 Å². The highest BCUT2D eigenvalue weighted by atomic mass is 79.9. The third-order valence-corrected chi connectivity index (χ3v) is 3.72. The summed E-state index contributed by atoms with van der Waals surface area (Å²) in [5.41, 5.74) is 2.45. The zero-order valence-corrected chi connectivity index (χ0v) is 14.6. The van der Waals surface area contributed by atoms with Crippen LogP contribution in [0.5, 0.6) is 0 Å². The third kappa shape index (κ3) is 5.72. The van der Waals surface area contributed by atoms with E-state index in [2.05, 4.69) is 71.9 Å². The summed E-state index contributed by atoms with van der Waals surface area (Å²) in [6, 6.07) is 6.34. The van der Waals surface area contributed by atoms with E-state index in [-0.39, 0.29) is 0 Å². The second-order valence-corrected chi connectivity index (χ2v) is 6.73. The molecule has 0 bridgehead atoms. The number of hydrogen-bond acceptors (Lipinski definition) is 2. The first-order valence-corrected chi connectivity index (χ1v) is 8.01. The lowest BCUT2D eigenvalue weighted by molar-refractivity contribution is 0.409. The fourth-order valence-corrected chi connectivity index (χ4v) is 2.59. The minimum Gasteiger partial charge on any atom is -0.370 e. The fourth-order valence-electron chi connectivity index (χ4n) is 2.02. The maximum Gasteiger partial charge on any atom is 0.0494 e. The second-order valence-electron chi connectivity index (χ2n) is 5.55. The molecule has 1 aromatic carbocycles. The highest BCUT2D eigenvalue weighted by Gasteiger charge is 2.13. The summed E-state index contributed by atoms with van der Waals surface area (Å²) >= 11 is 9.64. The van der Waals surface area contributed by atoms with E-state index in [4.69, 9.17) is 11.6 Å². The molecule has 19 heavy (non-hydrogen) atoms. The van der Waals surface area contributed by atoms with Gasteiger partial charge in [0, 0.05) is 35.7 Å². The van der Waals surface area contributed by atoms with E-state index in [0.29, 0.717) is 11.8 Å². The number of anilines is 1. The van der Waals surface area contributed by atoms with Crippen LogP contribution in [0, 0.1) is 5.92 Å². The molecule has 0 spiro atoms. The normalized spacial score (nSPS) is 11.4. The number of nitrogens with zero attached hydrogens (tertiary/aromatic N) is 2. The third-order valence-electron chi connectivity index (χ3n) is 2.93. The molecular weight excluding hydrogens is 324 g/mol. The molecule has 0 fully saturated rings. The van der Waals surface area contributed by atoms with Crippen LogP contribution in [0.1, 0.15) is 19.4 Å². The van der Waals surface area contributed by atoms with Crippen molar-refractivity contribution in [2.75, 3.05) is 38.6 Å². The Labute approximate surface area is 130 Å². The molecule has 0 heterocycles. The summed E-state index contributed by atoms with van der Waals surface area (Å²) < 4.78 is 1.11. The zero-order valence-electron chi connectivity index (χ0n) is 12.3. The molecule has 108 valence electrons. The van der Waals surface area contributed by atoms with E-state index >= 15 is 0 Å². The van der Waals surface area contributed by atoms with Crippen LogP contribution in [-0.2, 0) is 5.88 Å². The van der Waals surface area contributed by atoms with Crippen molar-refractivity contribution in [3.05, 3.63) is 28.2 Å². The van der Waals surface area contributed by atoms with Crippen molar-refractivity contribution in [3.63, 3.8) is 0 Å². The Bertz CT molecular complexity index is 394. The van der Waals surface area contributed by atoms with Gasteiger partial charge >= 0.3 is 0 Å². The number of likely N-dealkylation sites (N-methyl/N-ethyl adjacent to an activating group) is 1. The topological polar surface area (TPSA) is 6.48 Å². The van der Waals surface area contributed by atoms with Crippen molar-refractivity contribution in [1.82, 2.24) is 4.90 Å². The molecule has 0 atom stereocenters. The molecule has 0 aromatic heterocycles. The van der Waals surface area contributed by atoms with Gasteiger partial charge in [-0.05, 0) is 37.7 Å². The van der Waals surface area contributed by atoms with Crippen molar-refractivity contribution < 1.29 is 0 Å². The van der Waals surface area contributed by atoms with Crippen molar-refractivity contribution in [1.29, 1.82) is 0 Å². The summed E-state index contributed by atoms with van der Waals surface area (Å²) in [5, 5.41) is 0. The zero-order chi connectivity index (χ0) is 14.4. The lowest BCUT2D eigenvalue weighted by atomic mass is 10.1. The van der Waals surface area contributed by atoms with Crippen molar-refractivity contribution in [2.45, 2.75) is 19.7 Å². The molecule has 0 saturated carbocycles. The molecule has 0 radical (unpaired) electrons. The van der Waals surface area contributed by atoms with Gasteiger partial charge < -0.3 is 9.80 Å². The summed E-state index contributed by atoms with van der Waals surface area (Å²) in [6.07, 6.45) is 0. The summed E-state index contributed by atoms with van der Waals surface area (Å²) in [7, 11) is 4.22. The molecule has 0 aliphatic carbocycles. The second kappa shape index (κ2) is 8.13. The number of halogens is 2. The molecule has 0 amide bonds. The van der Waals surface area contributed by atoms with Crippen molar-refractivity contribution in [3.8, 4) is 0 Å². The molecule has 0 aliphatic rings. The van der Waals surface area contributed by atoms with Crippen LogP contribution in [0.4, 0.5) is 5.69 Å². The van der Waals surface area contributed by atoms with Crippen LogP contribution in [0.25, 0.3) is 0 Å². The monoisotopic (exact) mass is 346 g/mol. The summed E-state index contributed by atoms with van der Waals surface area (Å²) in [6.45, 7) is 7.61. The first kappa shape index (κ1) is 16.8. The fraction of sp³-hybridized carbons (Fsp3) is 0.600. The molecule has 1 aromatic rings. The largest absolute Gasteiger partial charge is 0.370 e. The van der Waals surface area contributed by atoms with E-state index in [0.717, 1.165) is 24.1 Å². The average Bonchev–Trinajstić information content (AvgIpc) is 2.33.